The molecular weight excluding hydrogens is 252 g/mol. The standard InChI is InChI=1S/C15H20N4O/c1-5-20-14-18-12(17-13(16)19-14)10-6-8-11(9-7-10)15(2,3)4/h6-9H,5H2,1-4H3,(H2,16,17,18,19). The van der Waals surface area contributed by atoms with Crippen LogP contribution in [0.25, 0.3) is 11.4 Å². The van der Waals surface area contributed by atoms with Crippen LogP contribution in [0.3, 0.4) is 0 Å². The molecule has 0 aliphatic rings. The summed E-state index contributed by atoms with van der Waals surface area (Å²) < 4.78 is 5.28. The number of rotatable bonds is 3. The molecule has 0 atom stereocenters. The molecule has 5 heteroatoms. The lowest BCUT2D eigenvalue weighted by molar-refractivity contribution is 0.312. The average Bonchev–Trinajstić information content (AvgIpc) is 2.37. The van der Waals surface area contributed by atoms with Crippen molar-refractivity contribution in [3.63, 3.8) is 0 Å². The summed E-state index contributed by atoms with van der Waals surface area (Å²) in [5.41, 5.74) is 7.96. The van der Waals surface area contributed by atoms with Gasteiger partial charge in [-0.2, -0.15) is 15.0 Å². The van der Waals surface area contributed by atoms with Gasteiger partial charge in [-0.3, -0.25) is 0 Å². The predicted octanol–water partition coefficient (Wildman–Crippen LogP) is 2.82. The van der Waals surface area contributed by atoms with Crippen LogP contribution in [0.15, 0.2) is 24.3 Å². The second kappa shape index (κ2) is 5.45. The lowest BCUT2D eigenvalue weighted by Gasteiger charge is -2.19. The van der Waals surface area contributed by atoms with Gasteiger partial charge >= 0.3 is 6.01 Å². The maximum absolute atomic E-state index is 5.68. The van der Waals surface area contributed by atoms with Crippen molar-refractivity contribution < 1.29 is 4.74 Å². The molecule has 0 bridgehead atoms. The van der Waals surface area contributed by atoms with Crippen molar-refractivity contribution in [2.45, 2.75) is 33.1 Å². The van der Waals surface area contributed by atoms with Gasteiger partial charge in [0.25, 0.3) is 0 Å². The molecule has 106 valence electrons. The van der Waals surface area contributed by atoms with Gasteiger partial charge in [0.05, 0.1) is 6.61 Å². The summed E-state index contributed by atoms with van der Waals surface area (Å²) in [4.78, 5) is 12.4. The fraction of sp³-hybridized carbons (Fsp3) is 0.400. The van der Waals surface area contributed by atoms with Gasteiger partial charge < -0.3 is 10.5 Å². The maximum Gasteiger partial charge on any atom is 0.321 e. The van der Waals surface area contributed by atoms with Crippen LogP contribution in [-0.4, -0.2) is 21.6 Å². The highest BCUT2D eigenvalue weighted by atomic mass is 16.5. The van der Waals surface area contributed by atoms with Crippen molar-refractivity contribution in [1.29, 1.82) is 0 Å². The molecule has 0 aliphatic carbocycles. The first-order chi connectivity index (χ1) is 9.40. The molecule has 0 saturated heterocycles. The summed E-state index contributed by atoms with van der Waals surface area (Å²) in [6, 6.07) is 8.40. The van der Waals surface area contributed by atoms with E-state index in [0.29, 0.717) is 12.4 Å². The summed E-state index contributed by atoms with van der Waals surface area (Å²) in [5.74, 6) is 0.694. The van der Waals surface area contributed by atoms with Gasteiger partial charge in [0.2, 0.25) is 5.95 Å². The van der Waals surface area contributed by atoms with Crippen LogP contribution in [0.2, 0.25) is 0 Å². The van der Waals surface area contributed by atoms with Crippen molar-refractivity contribution >= 4 is 5.95 Å². The number of nitrogens with zero attached hydrogens (tertiary/aromatic N) is 3. The Kier molecular flexibility index (Phi) is 3.88. The van der Waals surface area contributed by atoms with Crippen LogP contribution in [0.5, 0.6) is 6.01 Å². The number of nitrogen functional groups attached to an aromatic ring is 1. The van der Waals surface area contributed by atoms with Gasteiger partial charge in [0, 0.05) is 5.56 Å². The number of ether oxygens (including phenoxy) is 1. The first-order valence-electron chi connectivity index (χ1n) is 6.65. The quantitative estimate of drug-likeness (QED) is 0.930. The largest absolute Gasteiger partial charge is 0.464 e. The summed E-state index contributed by atoms with van der Waals surface area (Å²) in [5, 5.41) is 0. The molecule has 0 fully saturated rings. The third-order valence-electron chi connectivity index (χ3n) is 2.91. The lowest BCUT2D eigenvalue weighted by Crippen LogP contribution is -2.10. The topological polar surface area (TPSA) is 73.9 Å². The van der Waals surface area contributed by atoms with E-state index in [1.165, 1.54) is 5.56 Å². The van der Waals surface area contributed by atoms with Gasteiger partial charge in [0.15, 0.2) is 5.82 Å². The highest BCUT2D eigenvalue weighted by Gasteiger charge is 2.14. The normalized spacial score (nSPS) is 11.4. The minimum absolute atomic E-state index is 0.118. The SMILES string of the molecule is CCOc1nc(N)nc(-c2ccc(C(C)(C)C)cc2)n1. The van der Waals surface area contributed by atoms with E-state index < -0.39 is 0 Å². The maximum atomic E-state index is 5.68. The first kappa shape index (κ1) is 14.2. The zero-order valence-electron chi connectivity index (χ0n) is 12.3. The van der Waals surface area contributed by atoms with Crippen molar-refractivity contribution in [3.05, 3.63) is 29.8 Å². The van der Waals surface area contributed by atoms with E-state index in [0.717, 1.165) is 5.56 Å². The summed E-state index contributed by atoms with van der Waals surface area (Å²) in [7, 11) is 0. The van der Waals surface area contributed by atoms with E-state index in [1.807, 2.05) is 19.1 Å². The zero-order valence-corrected chi connectivity index (χ0v) is 12.3. The monoisotopic (exact) mass is 272 g/mol. The molecule has 1 aromatic carbocycles. The number of aromatic nitrogens is 3. The van der Waals surface area contributed by atoms with Crippen molar-refractivity contribution in [1.82, 2.24) is 15.0 Å². The van der Waals surface area contributed by atoms with E-state index in [4.69, 9.17) is 10.5 Å². The molecule has 5 nitrogen and oxygen atoms in total. The second-order valence-electron chi connectivity index (χ2n) is 5.56. The summed E-state index contributed by atoms with van der Waals surface area (Å²) >= 11 is 0. The summed E-state index contributed by atoms with van der Waals surface area (Å²) in [6.45, 7) is 8.89. The third kappa shape index (κ3) is 3.23. The van der Waals surface area contributed by atoms with Crippen molar-refractivity contribution in [2.24, 2.45) is 0 Å². The Morgan fingerprint density at radius 1 is 1.05 bits per heavy atom. The fourth-order valence-electron chi connectivity index (χ4n) is 1.81. The molecule has 0 amide bonds. The van der Waals surface area contributed by atoms with Gasteiger partial charge in [-0.05, 0) is 17.9 Å². The van der Waals surface area contributed by atoms with Crippen molar-refractivity contribution in [3.8, 4) is 17.4 Å². The second-order valence-corrected chi connectivity index (χ2v) is 5.56. The van der Waals surface area contributed by atoms with Crippen LogP contribution in [0.1, 0.15) is 33.3 Å². The van der Waals surface area contributed by atoms with E-state index in [9.17, 15) is 0 Å². The Morgan fingerprint density at radius 2 is 1.70 bits per heavy atom. The molecule has 2 aromatic rings. The predicted molar refractivity (Wildman–Crippen MR) is 79.5 cm³/mol. The Balaban J connectivity index is 2.36. The molecule has 0 spiro atoms. The molecule has 1 heterocycles. The summed E-state index contributed by atoms with van der Waals surface area (Å²) in [6.07, 6.45) is 0. The molecule has 0 radical (unpaired) electrons. The van der Waals surface area contributed by atoms with Crippen LogP contribution in [0, 0.1) is 0 Å². The smallest absolute Gasteiger partial charge is 0.321 e. The fourth-order valence-corrected chi connectivity index (χ4v) is 1.81. The van der Waals surface area contributed by atoms with Crippen LogP contribution >= 0.6 is 0 Å². The highest BCUT2D eigenvalue weighted by Crippen LogP contribution is 2.25. The average molecular weight is 272 g/mol. The third-order valence-corrected chi connectivity index (χ3v) is 2.91. The number of hydrogen-bond donors (Lipinski definition) is 1. The van der Waals surface area contributed by atoms with E-state index in [2.05, 4.69) is 47.9 Å². The Bertz CT molecular complexity index is 588. The first-order valence-corrected chi connectivity index (χ1v) is 6.65. The molecule has 20 heavy (non-hydrogen) atoms. The van der Waals surface area contributed by atoms with Crippen LogP contribution < -0.4 is 10.5 Å². The molecular formula is C15H20N4O. The van der Waals surface area contributed by atoms with Gasteiger partial charge in [0.1, 0.15) is 0 Å². The molecule has 0 aliphatic heterocycles. The van der Waals surface area contributed by atoms with Crippen LogP contribution in [-0.2, 0) is 5.41 Å². The zero-order chi connectivity index (χ0) is 14.8. The van der Waals surface area contributed by atoms with E-state index in [-0.39, 0.29) is 17.4 Å². The van der Waals surface area contributed by atoms with E-state index in [1.54, 1.807) is 0 Å². The molecule has 2 rings (SSSR count). The lowest BCUT2D eigenvalue weighted by atomic mass is 9.87. The Hall–Kier alpha value is -2.17. The number of anilines is 1. The van der Waals surface area contributed by atoms with Crippen molar-refractivity contribution in [2.75, 3.05) is 12.3 Å². The Morgan fingerprint density at radius 3 is 2.25 bits per heavy atom. The molecule has 0 saturated carbocycles. The molecule has 2 N–H and O–H groups in total. The van der Waals surface area contributed by atoms with Gasteiger partial charge in [-0.15, -0.1) is 0 Å². The number of nitrogens with two attached hydrogens (primary N) is 1. The number of hydrogen-bond acceptors (Lipinski definition) is 5. The highest BCUT2D eigenvalue weighted by molar-refractivity contribution is 5.57. The van der Waals surface area contributed by atoms with Gasteiger partial charge in [-0.25, -0.2) is 0 Å². The minimum atomic E-state index is 0.118. The van der Waals surface area contributed by atoms with Crippen LogP contribution in [0.4, 0.5) is 5.95 Å². The number of benzene rings is 1. The minimum Gasteiger partial charge on any atom is -0.464 e. The van der Waals surface area contributed by atoms with E-state index >= 15 is 0 Å². The van der Waals surface area contributed by atoms with Gasteiger partial charge in [-0.1, -0.05) is 45.0 Å². The molecule has 0 unspecified atom stereocenters. The Labute approximate surface area is 119 Å². The molecule has 1 aromatic heterocycles.